The molecule has 0 aromatic heterocycles. The first-order valence-electron chi connectivity index (χ1n) is 10.3. The molecule has 1 aliphatic carbocycles. The number of allylic oxidation sites excluding steroid dienone is 2. The van der Waals surface area contributed by atoms with E-state index in [0.717, 1.165) is 16.5 Å². The maximum atomic E-state index is 5.90. The maximum absolute atomic E-state index is 5.90. The van der Waals surface area contributed by atoms with Crippen LogP contribution in [0.2, 0.25) is 5.02 Å². The largest absolute Gasteiger partial charge is 0.0843 e. The minimum Gasteiger partial charge on any atom is -0.0843 e. The van der Waals surface area contributed by atoms with Gasteiger partial charge in [-0.3, -0.25) is 0 Å². The van der Waals surface area contributed by atoms with E-state index in [2.05, 4.69) is 49.1 Å². The summed E-state index contributed by atoms with van der Waals surface area (Å²) in [6, 6.07) is 17.1. The normalized spacial score (nSPS) is 19.6. The molecular weight excluding hydrogens is 348 g/mol. The molecule has 0 saturated heterocycles. The van der Waals surface area contributed by atoms with Crippen molar-refractivity contribution in [2.75, 3.05) is 0 Å². The van der Waals surface area contributed by atoms with E-state index in [1.54, 1.807) is 0 Å². The fourth-order valence-electron chi connectivity index (χ4n) is 3.82. The average molecular weight is 377 g/mol. The van der Waals surface area contributed by atoms with Gasteiger partial charge in [-0.15, -0.1) is 0 Å². The van der Waals surface area contributed by atoms with E-state index in [-0.39, 0.29) is 0 Å². The zero-order valence-electron chi connectivity index (χ0n) is 16.3. The number of aryl methyl sites for hydroxylation is 1. The smallest absolute Gasteiger partial charge is 0.0406 e. The van der Waals surface area contributed by atoms with E-state index in [1.807, 2.05) is 30.3 Å². The highest BCUT2D eigenvalue weighted by Crippen LogP contribution is 2.36. The predicted molar refractivity (Wildman–Crippen MR) is 117 cm³/mol. The van der Waals surface area contributed by atoms with Crippen LogP contribution in [0.4, 0.5) is 0 Å². The van der Waals surface area contributed by atoms with Crippen LogP contribution in [0.1, 0.15) is 68.1 Å². The summed E-state index contributed by atoms with van der Waals surface area (Å²) < 4.78 is 0. The highest BCUT2D eigenvalue weighted by atomic mass is 35.5. The van der Waals surface area contributed by atoms with Gasteiger partial charge in [-0.25, -0.2) is 0 Å². The van der Waals surface area contributed by atoms with Crippen molar-refractivity contribution in [1.82, 2.24) is 0 Å². The zero-order chi connectivity index (χ0) is 18.9. The number of rotatable bonds is 5. The molecule has 0 heterocycles. The summed E-state index contributed by atoms with van der Waals surface area (Å²) in [6.07, 6.45) is 13.2. The van der Waals surface area contributed by atoms with Gasteiger partial charge in [0.05, 0.1) is 0 Å². The summed E-state index contributed by atoms with van der Waals surface area (Å²) in [5.74, 6) is 7.73. The second-order valence-electron chi connectivity index (χ2n) is 7.59. The van der Waals surface area contributed by atoms with Gasteiger partial charge in [-0.2, -0.15) is 0 Å². The van der Waals surface area contributed by atoms with Crippen LogP contribution in [-0.4, -0.2) is 0 Å². The Hall–Kier alpha value is -1.97. The summed E-state index contributed by atoms with van der Waals surface area (Å²) in [5, 5.41) is 0.753. The highest BCUT2D eigenvalue weighted by Gasteiger charge is 2.20. The number of benzene rings is 2. The molecule has 0 atom stereocenters. The van der Waals surface area contributed by atoms with Crippen molar-refractivity contribution in [2.45, 2.75) is 57.8 Å². The quantitative estimate of drug-likeness (QED) is 0.472. The van der Waals surface area contributed by atoms with Crippen molar-refractivity contribution in [2.24, 2.45) is 5.92 Å². The molecule has 2 aromatic carbocycles. The fraction of sp³-hybridized carbons (Fsp3) is 0.385. The van der Waals surface area contributed by atoms with E-state index >= 15 is 0 Å². The summed E-state index contributed by atoms with van der Waals surface area (Å²) in [4.78, 5) is 0. The Morgan fingerprint density at radius 2 is 1.67 bits per heavy atom. The van der Waals surface area contributed by atoms with Crippen LogP contribution in [0.25, 0.3) is 0 Å². The van der Waals surface area contributed by atoms with Gasteiger partial charge in [0.25, 0.3) is 0 Å². The van der Waals surface area contributed by atoms with Gasteiger partial charge < -0.3 is 0 Å². The van der Waals surface area contributed by atoms with Crippen molar-refractivity contribution >= 4 is 11.6 Å². The molecule has 0 aliphatic heterocycles. The number of hydrogen-bond donors (Lipinski definition) is 0. The van der Waals surface area contributed by atoms with Crippen LogP contribution < -0.4 is 0 Å². The van der Waals surface area contributed by atoms with Crippen molar-refractivity contribution in [3.63, 3.8) is 0 Å². The third-order valence-corrected chi connectivity index (χ3v) is 5.81. The van der Waals surface area contributed by atoms with Gasteiger partial charge in [0, 0.05) is 10.6 Å². The molecule has 0 radical (unpaired) electrons. The summed E-state index contributed by atoms with van der Waals surface area (Å²) in [6.45, 7) is 2.25. The molecule has 1 heteroatoms. The minimum atomic E-state index is 0.671. The first kappa shape index (κ1) is 19.8. The summed E-state index contributed by atoms with van der Waals surface area (Å²) in [5.41, 5.74) is 4.02. The summed E-state index contributed by atoms with van der Waals surface area (Å²) >= 11 is 5.90. The van der Waals surface area contributed by atoms with E-state index in [4.69, 9.17) is 11.6 Å². The van der Waals surface area contributed by atoms with E-state index < -0.39 is 0 Å². The Balaban J connectivity index is 1.46. The Kier molecular flexibility index (Phi) is 7.61. The third kappa shape index (κ3) is 6.30. The molecular formula is C26H29Cl. The minimum absolute atomic E-state index is 0.671. The molecule has 140 valence electrons. The highest BCUT2D eigenvalue weighted by molar-refractivity contribution is 6.30. The SMILES string of the molecule is CCCCc1ccc([C@H]2CC[C@H](/C=C/C#Cc3ccc(Cl)cc3)CC2)cc1. The van der Waals surface area contributed by atoms with Crippen molar-refractivity contribution in [1.29, 1.82) is 0 Å². The molecule has 3 rings (SSSR count). The Bertz CT molecular complexity index is 779. The Labute approximate surface area is 169 Å². The van der Waals surface area contributed by atoms with E-state index in [1.165, 1.54) is 56.1 Å². The monoisotopic (exact) mass is 376 g/mol. The lowest BCUT2D eigenvalue weighted by atomic mass is 9.78. The Morgan fingerprint density at radius 1 is 0.963 bits per heavy atom. The molecule has 0 unspecified atom stereocenters. The van der Waals surface area contributed by atoms with Crippen LogP contribution >= 0.6 is 11.6 Å². The molecule has 0 nitrogen and oxygen atoms in total. The van der Waals surface area contributed by atoms with Gasteiger partial charge in [-0.1, -0.05) is 67.1 Å². The topological polar surface area (TPSA) is 0 Å². The van der Waals surface area contributed by atoms with Crippen LogP contribution in [0.3, 0.4) is 0 Å². The molecule has 1 saturated carbocycles. The second kappa shape index (κ2) is 10.4. The van der Waals surface area contributed by atoms with Crippen molar-refractivity contribution in [3.8, 4) is 11.8 Å². The molecule has 0 bridgehead atoms. The van der Waals surface area contributed by atoms with Crippen molar-refractivity contribution < 1.29 is 0 Å². The van der Waals surface area contributed by atoms with E-state index in [0.29, 0.717) is 5.92 Å². The number of hydrogen-bond acceptors (Lipinski definition) is 0. The van der Waals surface area contributed by atoms with Gasteiger partial charge >= 0.3 is 0 Å². The fourth-order valence-corrected chi connectivity index (χ4v) is 3.95. The Morgan fingerprint density at radius 3 is 2.33 bits per heavy atom. The van der Waals surface area contributed by atoms with Gasteiger partial charge in [0.2, 0.25) is 0 Å². The molecule has 0 N–H and O–H groups in total. The molecule has 0 spiro atoms. The van der Waals surface area contributed by atoms with Crippen LogP contribution in [0.15, 0.2) is 60.7 Å². The lowest BCUT2D eigenvalue weighted by Crippen LogP contribution is -2.11. The molecule has 1 aliphatic rings. The second-order valence-corrected chi connectivity index (χ2v) is 8.03. The summed E-state index contributed by atoms with van der Waals surface area (Å²) in [7, 11) is 0. The lowest BCUT2D eigenvalue weighted by Gasteiger charge is -2.27. The average Bonchev–Trinajstić information content (AvgIpc) is 2.72. The first-order valence-corrected chi connectivity index (χ1v) is 10.6. The molecule has 1 fully saturated rings. The van der Waals surface area contributed by atoms with Crippen molar-refractivity contribution in [3.05, 3.63) is 82.4 Å². The molecule has 27 heavy (non-hydrogen) atoms. The number of unbranched alkanes of at least 4 members (excludes halogenated alkanes) is 1. The van der Waals surface area contributed by atoms with E-state index in [9.17, 15) is 0 Å². The first-order chi connectivity index (χ1) is 13.2. The van der Waals surface area contributed by atoms with Gasteiger partial charge in [0.1, 0.15) is 0 Å². The molecule has 0 amide bonds. The van der Waals surface area contributed by atoms with Crippen LogP contribution in [0.5, 0.6) is 0 Å². The third-order valence-electron chi connectivity index (χ3n) is 5.55. The van der Waals surface area contributed by atoms with Crippen LogP contribution in [0, 0.1) is 17.8 Å². The van der Waals surface area contributed by atoms with Gasteiger partial charge in [-0.05, 0) is 91.8 Å². The number of halogens is 1. The zero-order valence-corrected chi connectivity index (χ0v) is 17.0. The van der Waals surface area contributed by atoms with Gasteiger partial charge in [0.15, 0.2) is 0 Å². The lowest BCUT2D eigenvalue weighted by molar-refractivity contribution is 0.376. The molecule has 2 aromatic rings. The van der Waals surface area contributed by atoms with Crippen LogP contribution in [-0.2, 0) is 6.42 Å². The maximum Gasteiger partial charge on any atom is 0.0406 e. The standard InChI is InChI=1S/C26H29Cl/c1-2-3-6-21-9-15-24(16-10-21)25-17-11-22(12-18-25)7-4-5-8-23-13-19-26(27)20-14-23/h4,7,9-10,13-16,19-20,22,25H,2-3,6,11-12,17-18H2,1H3/b7-4+/t22-,25-. The predicted octanol–water partition coefficient (Wildman–Crippen LogP) is 7.56.